The molecule has 2 heterocycles. The summed E-state index contributed by atoms with van der Waals surface area (Å²) >= 11 is 0. The molecule has 1 aromatic heterocycles. The van der Waals surface area contributed by atoms with E-state index in [1.807, 2.05) is 49.4 Å². The van der Waals surface area contributed by atoms with Crippen LogP contribution in [0.5, 0.6) is 0 Å². The fourth-order valence-electron chi connectivity index (χ4n) is 7.09. The Morgan fingerprint density at radius 1 is 0.738 bits per heavy atom. The molecule has 42 heavy (non-hydrogen) atoms. The highest BCUT2D eigenvalue weighted by molar-refractivity contribution is 6.50. The van der Waals surface area contributed by atoms with E-state index >= 15 is 0 Å². The van der Waals surface area contributed by atoms with Crippen molar-refractivity contribution >= 4 is 39.4 Å². The average molecular weight is 558 g/mol. The van der Waals surface area contributed by atoms with Crippen molar-refractivity contribution in [3.8, 4) is 0 Å². The molecule has 2 aliphatic rings. The highest BCUT2D eigenvalue weighted by atomic mass is 16.2. The Balaban J connectivity index is 1.39. The fraction of sp³-hybridized carbons (Fsp3) is 0.342. The second-order valence-corrected chi connectivity index (χ2v) is 11.7. The van der Waals surface area contributed by atoms with Gasteiger partial charge in [0.05, 0.1) is 16.7 Å². The summed E-state index contributed by atoms with van der Waals surface area (Å²) in [6, 6.07) is 26.8. The molecule has 214 valence electrons. The molecule has 4 nitrogen and oxygen atoms in total. The Kier molecular flexibility index (Phi) is 8.06. The molecule has 0 N–H and O–H groups in total. The van der Waals surface area contributed by atoms with Gasteiger partial charge in [0.2, 0.25) is 5.69 Å². The minimum Gasteiger partial charge on any atom is -0.345 e. The predicted octanol–water partition coefficient (Wildman–Crippen LogP) is 8.57. The molecular weight excluding hydrogens is 516 g/mol. The number of Topliss-reactive ketones (excluding diaryl/α,β-unsaturated/α-hetero) is 2. The molecule has 4 aromatic rings. The first kappa shape index (κ1) is 28.1. The number of rotatable bonds is 11. The number of hydrogen-bond donors (Lipinski definition) is 0. The lowest BCUT2D eigenvalue weighted by atomic mass is 9.69. The first-order valence-electron chi connectivity index (χ1n) is 15.7. The molecular formula is C38H41N2O2+. The summed E-state index contributed by atoms with van der Waals surface area (Å²) in [7, 11) is 0. The molecule has 1 aliphatic heterocycles. The van der Waals surface area contributed by atoms with E-state index in [2.05, 4.69) is 59.4 Å². The van der Waals surface area contributed by atoms with Crippen molar-refractivity contribution in [1.82, 2.24) is 4.57 Å². The van der Waals surface area contributed by atoms with E-state index in [0.717, 1.165) is 58.4 Å². The Morgan fingerprint density at radius 2 is 1.40 bits per heavy atom. The van der Waals surface area contributed by atoms with Crippen LogP contribution < -0.4 is 0 Å². The third-order valence-electron chi connectivity index (χ3n) is 9.18. The van der Waals surface area contributed by atoms with E-state index < -0.39 is 5.92 Å². The highest BCUT2D eigenvalue weighted by Gasteiger charge is 2.51. The number of carbonyl (C=O) groups excluding carboxylic acids is 2. The minimum absolute atomic E-state index is 0.0334. The van der Waals surface area contributed by atoms with E-state index in [-0.39, 0.29) is 11.6 Å². The largest absolute Gasteiger partial charge is 0.345 e. The smallest absolute Gasteiger partial charge is 0.213 e. The van der Waals surface area contributed by atoms with Crippen LogP contribution in [0.15, 0.2) is 84.4 Å². The van der Waals surface area contributed by atoms with Gasteiger partial charge >= 0.3 is 0 Å². The van der Waals surface area contributed by atoms with E-state index in [1.165, 1.54) is 43.4 Å². The van der Waals surface area contributed by atoms with Crippen molar-refractivity contribution in [2.45, 2.75) is 84.7 Å². The molecule has 0 amide bonds. The summed E-state index contributed by atoms with van der Waals surface area (Å²) in [5.74, 6) is -0.786. The lowest BCUT2D eigenvalue weighted by molar-refractivity contribution is -0.454. The standard InChI is InChI=1S/C38H41N2O2/c1-4-6-7-8-9-13-24-32-34(29-21-15-16-22-30(29)39(32)5-2)36-37(41)35(38(36)42)33-26(3)40(25-27-18-11-10-12-19-27)31-23-17-14-20-28(31)33/h10-12,14-23,36H,4-9,13,24-25H2,1-3H3/q+1. The van der Waals surface area contributed by atoms with Gasteiger partial charge in [-0.1, -0.05) is 99.7 Å². The summed E-state index contributed by atoms with van der Waals surface area (Å²) in [5, 5.41) is 1.05. The van der Waals surface area contributed by atoms with Gasteiger partial charge in [-0.3, -0.25) is 9.59 Å². The molecule has 0 atom stereocenters. The number of nitrogens with zero attached hydrogens (tertiary/aromatic N) is 2. The molecule has 0 saturated heterocycles. The number of benzene rings is 3. The summed E-state index contributed by atoms with van der Waals surface area (Å²) in [6.07, 6.45) is 8.18. The predicted molar refractivity (Wildman–Crippen MR) is 172 cm³/mol. The van der Waals surface area contributed by atoms with Gasteiger partial charge in [0, 0.05) is 41.7 Å². The second kappa shape index (κ2) is 12.1. The van der Waals surface area contributed by atoms with Gasteiger partial charge in [0.1, 0.15) is 5.92 Å². The number of fused-ring (bicyclic) bond motifs is 2. The lowest BCUT2D eigenvalue weighted by Crippen LogP contribution is -2.40. The summed E-state index contributed by atoms with van der Waals surface area (Å²) in [4.78, 5) is 28.4. The average Bonchev–Trinajstić information content (AvgIpc) is 3.46. The molecule has 4 heteroatoms. The van der Waals surface area contributed by atoms with Crippen molar-refractivity contribution in [2.24, 2.45) is 0 Å². The van der Waals surface area contributed by atoms with Gasteiger partial charge in [-0.25, -0.2) is 0 Å². The highest BCUT2D eigenvalue weighted by Crippen LogP contribution is 2.47. The normalized spacial score (nSPS) is 16.5. The van der Waals surface area contributed by atoms with Gasteiger partial charge in [-0.05, 0) is 37.5 Å². The molecule has 6 rings (SSSR count). The van der Waals surface area contributed by atoms with Gasteiger partial charge in [-0.15, -0.1) is 0 Å². The van der Waals surface area contributed by atoms with Gasteiger partial charge in [0.25, 0.3) is 0 Å². The van der Waals surface area contributed by atoms with Crippen LogP contribution in [-0.2, 0) is 29.1 Å². The number of aromatic nitrogens is 1. The fourth-order valence-corrected chi connectivity index (χ4v) is 7.09. The molecule has 0 bridgehead atoms. The number of carbonyl (C=O) groups is 2. The Bertz CT molecular complexity index is 1700. The zero-order valence-electron chi connectivity index (χ0n) is 25.2. The molecule has 0 unspecified atom stereocenters. The van der Waals surface area contributed by atoms with Crippen LogP contribution in [0.1, 0.15) is 87.6 Å². The van der Waals surface area contributed by atoms with E-state index in [9.17, 15) is 9.59 Å². The third-order valence-corrected chi connectivity index (χ3v) is 9.18. The van der Waals surface area contributed by atoms with Crippen LogP contribution in [0.25, 0.3) is 16.5 Å². The Labute approximate surface area is 249 Å². The monoisotopic (exact) mass is 557 g/mol. The van der Waals surface area contributed by atoms with Crippen LogP contribution >= 0.6 is 0 Å². The number of para-hydroxylation sites is 2. The van der Waals surface area contributed by atoms with Crippen LogP contribution in [-0.4, -0.2) is 26.4 Å². The lowest BCUT2D eigenvalue weighted by Gasteiger charge is -2.28. The SMILES string of the molecule is CCCCCCCCc1c(C2C(=O)C(=C3C(C)=[N+](Cc4ccccc4)c4ccccc43)C2=O)c2ccccc2n1CC. The van der Waals surface area contributed by atoms with Crippen LogP contribution in [0.2, 0.25) is 0 Å². The van der Waals surface area contributed by atoms with E-state index in [0.29, 0.717) is 12.1 Å². The summed E-state index contributed by atoms with van der Waals surface area (Å²) < 4.78 is 4.58. The first-order valence-corrected chi connectivity index (χ1v) is 15.7. The van der Waals surface area contributed by atoms with Gasteiger partial charge in [0.15, 0.2) is 23.8 Å². The number of allylic oxidation sites excluding steroid dienone is 2. The van der Waals surface area contributed by atoms with E-state index in [4.69, 9.17) is 0 Å². The molecule has 1 aliphatic carbocycles. The first-order chi connectivity index (χ1) is 20.6. The van der Waals surface area contributed by atoms with Crippen molar-refractivity contribution in [2.75, 3.05) is 0 Å². The minimum atomic E-state index is -0.719. The molecule has 1 fully saturated rings. The number of unbranched alkanes of at least 4 members (excludes halogenated alkanes) is 5. The third kappa shape index (κ3) is 4.77. The van der Waals surface area contributed by atoms with Gasteiger partial charge in [-0.2, -0.15) is 4.58 Å². The second-order valence-electron chi connectivity index (χ2n) is 11.7. The quantitative estimate of drug-likeness (QED) is 0.0609. The topological polar surface area (TPSA) is 42.1 Å². The maximum atomic E-state index is 14.2. The van der Waals surface area contributed by atoms with Crippen molar-refractivity contribution in [1.29, 1.82) is 0 Å². The van der Waals surface area contributed by atoms with Crippen molar-refractivity contribution < 1.29 is 14.2 Å². The maximum absolute atomic E-state index is 14.2. The molecule has 3 aromatic carbocycles. The zero-order valence-corrected chi connectivity index (χ0v) is 25.2. The molecule has 1 saturated carbocycles. The summed E-state index contributed by atoms with van der Waals surface area (Å²) in [6.45, 7) is 7.97. The van der Waals surface area contributed by atoms with Crippen LogP contribution in [0.4, 0.5) is 5.69 Å². The summed E-state index contributed by atoms with van der Waals surface area (Å²) in [5.41, 5.74) is 8.62. The number of ketones is 2. The van der Waals surface area contributed by atoms with Crippen LogP contribution in [0.3, 0.4) is 0 Å². The molecule has 0 radical (unpaired) electrons. The Hall–Kier alpha value is -4.05. The zero-order chi connectivity index (χ0) is 29.2. The number of hydrogen-bond acceptors (Lipinski definition) is 2. The van der Waals surface area contributed by atoms with E-state index in [1.54, 1.807) is 0 Å². The van der Waals surface area contributed by atoms with Crippen molar-refractivity contribution in [3.05, 3.63) is 107 Å². The number of aryl methyl sites for hydroxylation is 1. The molecule has 0 spiro atoms. The Morgan fingerprint density at radius 3 is 2.17 bits per heavy atom. The maximum Gasteiger partial charge on any atom is 0.213 e. The van der Waals surface area contributed by atoms with Crippen molar-refractivity contribution in [3.63, 3.8) is 0 Å². The van der Waals surface area contributed by atoms with Gasteiger partial charge < -0.3 is 4.57 Å². The van der Waals surface area contributed by atoms with Crippen LogP contribution in [0, 0.1) is 0 Å².